The molecule has 1 heterocycles. The van der Waals surface area contributed by atoms with Gasteiger partial charge in [-0.15, -0.1) is 0 Å². The molecule has 1 aliphatic rings. The minimum atomic E-state index is 0.112. The maximum absolute atomic E-state index is 12.2. The van der Waals surface area contributed by atoms with Crippen LogP contribution in [-0.4, -0.2) is 35.5 Å². The number of aryl methyl sites for hydroxylation is 2. The number of carbonyl (C=O) groups excluding carboxylic acids is 1. The van der Waals surface area contributed by atoms with Gasteiger partial charge in [0.05, 0.1) is 6.54 Å². The second-order valence-electron chi connectivity index (χ2n) is 7.63. The first-order chi connectivity index (χ1) is 13.1. The Kier molecular flexibility index (Phi) is 6.88. The summed E-state index contributed by atoms with van der Waals surface area (Å²) in [5.74, 6) is 1.17. The summed E-state index contributed by atoms with van der Waals surface area (Å²) < 4.78 is 0. The average Bonchev–Trinajstić information content (AvgIpc) is 2.68. The van der Waals surface area contributed by atoms with Gasteiger partial charge in [0, 0.05) is 6.54 Å². The quantitative estimate of drug-likeness (QED) is 0.786. The summed E-state index contributed by atoms with van der Waals surface area (Å²) in [6, 6.07) is 15.7. The molecule has 0 aromatic heterocycles. The van der Waals surface area contributed by atoms with Crippen LogP contribution in [0.4, 0.5) is 0 Å². The van der Waals surface area contributed by atoms with Gasteiger partial charge in [-0.2, -0.15) is 0 Å². The zero-order valence-electron chi connectivity index (χ0n) is 16.2. The molecule has 2 aromatic carbocycles. The van der Waals surface area contributed by atoms with E-state index in [4.69, 9.17) is 0 Å². The van der Waals surface area contributed by atoms with Crippen LogP contribution in [0, 0.1) is 12.8 Å². The molecule has 0 spiro atoms. The van der Waals surface area contributed by atoms with Gasteiger partial charge in [-0.1, -0.05) is 36.4 Å². The van der Waals surface area contributed by atoms with Crippen molar-refractivity contribution in [2.24, 2.45) is 5.92 Å². The summed E-state index contributed by atoms with van der Waals surface area (Å²) >= 11 is 0. The van der Waals surface area contributed by atoms with Crippen molar-refractivity contribution in [3.8, 4) is 5.75 Å². The van der Waals surface area contributed by atoms with Crippen LogP contribution in [0.25, 0.3) is 0 Å². The number of carbonyl (C=O) groups is 1. The Morgan fingerprint density at radius 2 is 1.81 bits per heavy atom. The summed E-state index contributed by atoms with van der Waals surface area (Å²) in [5, 5.41) is 12.4. The first kappa shape index (κ1) is 19.4. The van der Waals surface area contributed by atoms with Crippen LogP contribution in [0.3, 0.4) is 0 Å². The van der Waals surface area contributed by atoms with Crippen LogP contribution in [0.5, 0.6) is 5.75 Å². The van der Waals surface area contributed by atoms with Crippen molar-refractivity contribution in [2.45, 2.75) is 39.2 Å². The van der Waals surface area contributed by atoms with Crippen molar-refractivity contribution in [3.63, 3.8) is 0 Å². The number of benzene rings is 2. The number of hydrogen-bond acceptors (Lipinski definition) is 3. The van der Waals surface area contributed by atoms with E-state index in [-0.39, 0.29) is 5.91 Å². The maximum atomic E-state index is 12.2. The molecule has 0 radical (unpaired) electrons. The Morgan fingerprint density at radius 3 is 2.52 bits per heavy atom. The fourth-order valence-electron chi connectivity index (χ4n) is 3.73. The summed E-state index contributed by atoms with van der Waals surface area (Å²) in [7, 11) is 0. The SMILES string of the molecule is Cc1ccccc1CNC(=O)CN1CCC(CCc2ccc(O)cc2)CC1. The van der Waals surface area contributed by atoms with E-state index in [1.165, 1.54) is 23.1 Å². The smallest absolute Gasteiger partial charge is 0.234 e. The molecule has 0 aliphatic carbocycles. The molecule has 1 fully saturated rings. The van der Waals surface area contributed by atoms with Crippen molar-refractivity contribution in [1.82, 2.24) is 10.2 Å². The third-order valence-electron chi connectivity index (χ3n) is 5.59. The number of phenols is 1. The second kappa shape index (κ2) is 9.56. The predicted octanol–water partition coefficient (Wildman–Crippen LogP) is 3.66. The molecule has 3 rings (SSSR count). The van der Waals surface area contributed by atoms with Gasteiger partial charge >= 0.3 is 0 Å². The number of aromatic hydroxyl groups is 1. The van der Waals surface area contributed by atoms with Gasteiger partial charge in [0.2, 0.25) is 5.91 Å². The van der Waals surface area contributed by atoms with Crippen molar-refractivity contribution < 1.29 is 9.90 Å². The van der Waals surface area contributed by atoms with Gasteiger partial charge in [0.25, 0.3) is 0 Å². The van der Waals surface area contributed by atoms with E-state index in [0.29, 0.717) is 18.8 Å². The van der Waals surface area contributed by atoms with Crippen LogP contribution < -0.4 is 5.32 Å². The molecule has 27 heavy (non-hydrogen) atoms. The van der Waals surface area contributed by atoms with Crippen LogP contribution in [0.2, 0.25) is 0 Å². The minimum Gasteiger partial charge on any atom is -0.508 e. The molecule has 0 saturated carbocycles. The molecule has 0 unspecified atom stereocenters. The third-order valence-corrected chi connectivity index (χ3v) is 5.59. The van der Waals surface area contributed by atoms with Crippen molar-refractivity contribution in [1.29, 1.82) is 0 Å². The predicted molar refractivity (Wildman–Crippen MR) is 109 cm³/mol. The molecule has 1 aliphatic heterocycles. The van der Waals surface area contributed by atoms with Crippen LogP contribution in [0.15, 0.2) is 48.5 Å². The van der Waals surface area contributed by atoms with E-state index >= 15 is 0 Å². The van der Waals surface area contributed by atoms with Gasteiger partial charge in [0.1, 0.15) is 5.75 Å². The minimum absolute atomic E-state index is 0.112. The van der Waals surface area contributed by atoms with E-state index in [9.17, 15) is 9.90 Å². The third kappa shape index (κ3) is 6.10. The van der Waals surface area contributed by atoms with E-state index in [0.717, 1.165) is 38.3 Å². The first-order valence-electron chi connectivity index (χ1n) is 9.91. The number of likely N-dealkylation sites (tertiary alicyclic amines) is 1. The highest BCUT2D eigenvalue weighted by Gasteiger charge is 2.20. The van der Waals surface area contributed by atoms with Crippen molar-refractivity contribution >= 4 is 5.91 Å². The molecular formula is C23H30N2O2. The average molecular weight is 367 g/mol. The molecule has 0 atom stereocenters. The topological polar surface area (TPSA) is 52.6 Å². The number of piperidine rings is 1. The lowest BCUT2D eigenvalue weighted by Gasteiger charge is -2.31. The Balaban J connectivity index is 1.34. The summed E-state index contributed by atoms with van der Waals surface area (Å²) in [6.45, 7) is 5.17. The molecule has 4 nitrogen and oxygen atoms in total. The molecule has 2 aromatic rings. The van der Waals surface area contributed by atoms with E-state index < -0.39 is 0 Å². The largest absolute Gasteiger partial charge is 0.508 e. The van der Waals surface area contributed by atoms with Crippen molar-refractivity contribution in [3.05, 3.63) is 65.2 Å². The Labute approximate surface area is 162 Å². The molecule has 144 valence electrons. The number of rotatable bonds is 7. The molecule has 1 saturated heterocycles. The van der Waals surface area contributed by atoms with E-state index in [1.807, 2.05) is 24.3 Å². The van der Waals surface area contributed by atoms with Gasteiger partial charge < -0.3 is 10.4 Å². The zero-order chi connectivity index (χ0) is 19.1. The number of amides is 1. The lowest BCUT2D eigenvalue weighted by Crippen LogP contribution is -2.41. The molecule has 2 N–H and O–H groups in total. The highest BCUT2D eigenvalue weighted by Crippen LogP contribution is 2.23. The number of nitrogens with one attached hydrogen (secondary N) is 1. The van der Waals surface area contributed by atoms with Crippen LogP contribution >= 0.6 is 0 Å². The maximum Gasteiger partial charge on any atom is 0.234 e. The molecule has 1 amide bonds. The zero-order valence-corrected chi connectivity index (χ0v) is 16.2. The number of phenolic OH excluding ortho intramolecular Hbond substituents is 1. The highest BCUT2D eigenvalue weighted by molar-refractivity contribution is 5.78. The molecule has 4 heteroatoms. The lowest BCUT2D eigenvalue weighted by atomic mass is 9.90. The van der Waals surface area contributed by atoms with E-state index in [1.54, 1.807) is 12.1 Å². The molecule has 0 bridgehead atoms. The van der Waals surface area contributed by atoms with Gasteiger partial charge in [-0.05, 0) is 80.4 Å². The van der Waals surface area contributed by atoms with Gasteiger partial charge in [0.15, 0.2) is 0 Å². The van der Waals surface area contributed by atoms with Crippen molar-refractivity contribution in [2.75, 3.05) is 19.6 Å². The number of hydrogen-bond donors (Lipinski definition) is 2. The van der Waals surface area contributed by atoms with Gasteiger partial charge in [-0.3, -0.25) is 9.69 Å². The second-order valence-corrected chi connectivity index (χ2v) is 7.63. The fraction of sp³-hybridized carbons (Fsp3) is 0.435. The normalized spacial score (nSPS) is 15.6. The summed E-state index contributed by atoms with van der Waals surface area (Å²) in [6.07, 6.45) is 4.55. The van der Waals surface area contributed by atoms with Gasteiger partial charge in [-0.25, -0.2) is 0 Å². The first-order valence-corrected chi connectivity index (χ1v) is 9.91. The Hall–Kier alpha value is -2.33. The summed E-state index contributed by atoms with van der Waals surface area (Å²) in [5.41, 5.74) is 3.68. The Morgan fingerprint density at radius 1 is 1.11 bits per heavy atom. The summed E-state index contributed by atoms with van der Waals surface area (Å²) in [4.78, 5) is 14.5. The Bertz CT molecular complexity index is 734. The van der Waals surface area contributed by atoms with Crippen LogP contribution in [0.1, 0.15) is 36.0 Å². The van der Waals surface area contributed by atoms with E-state index in [2.05, 4.69) is 29.3 Å². The lowest BCUT2D eigenvalue weighted by molar-refractivity contribution is -0.122. The standard InChI is InChI=1S/C23H30N2O2/c1-18-4-2-3-5-21(18)16-24-23(27)17-25-14-12-20(13-15-25)7-6-19-8-10-22(26)11-9-19/h2-5,8-11,20,26H,6-7,12-17H2,1H3,(H,24,27). The van der Waals surface area contributed by atoms with Crippen LogP contribution in [-0.2, 0) is 17.8 Å². The fourth-order valence-corrected chi connectivity index (χ4v) is 3.73. The molecular weight excluding hydrogens is 336 g/mol. The monoisotopic (exact) mass is 366 g/mol. The number of nitrogens with zero attached hydrogens (tertiary/aromatic N) is 1. The highest BCUT2D eigenvalue weighted by atomic mass is 16.3.